The van der Waals surface area contributed by atoms with Gasteiger partial charge in [-0.15, -0.1) is 0 Å². The first-order valence-corrected chi connectivity index (χ1v) is 2.85. The van der Waals surface area contributed by atoms with Gasteiger partial charge in [-0.2, -0.15) is 10.2 Å². The maximum absolute atomic E-state index is 3.86. The number of nitrogens with zero attached hydrogens (tertiary/aromatic N) is 2. The summed E-state index contributed by atoms with van der Waals surface area (Å²) in [6, 6.07) is 0. The van der Waals surface area contributed by atoms with Crippen molar-refractivity contribution in [1.29, 1.82) is 0 Å². The van der Waals surface area contributed by atoms with Crippen LogP contribution in [0.25, 0.3) is 0 Å². The SMILES string of the molecule is CNCCC1(C)N=N1. The van der Waals surface area contributed by atoms with Crippen LogP contribution in [0.1, 0.15) is 13.3 Å². The summed E-state index contributed by atoms with van der Waals surface area (Å²) in [4.78, 5) is 0. The van der Waals surface area contributed by atoms with Crippen molar-refractivity contribution in [3.05, 3.63) is 0 Å². The van der Waals surface area contributed by atoms with Crippen LogP contribution < -0.4 is 5.32 Å². The Hall–Kier alpha value is -0.440. The van der Waals surface area contributed by atoms with Gasteiger partial charge in [0.1, 0.15) is 0 Å². The zero-order valence-electron chi connectivity index (χ0n) is 5.31. The van der Waals surface area contributed by atoms with Crippen LogP contribution in [-0.4, -0.2) is 19.3 Å². The topological polar surface area (TPSA) is 36.8 Å². The lowest BCUT2D eigenvalue weighted by molar-refractivity contribution is 0.574. The molecule has 1 N–H and O–H groups in total. The number of hydrogen-bond donors (Lipinski definition) is 1. The molecule has 0 aliphatic carbocycles. The summed E-state index contributed by atoms with van der Waals surface area (Å²) >= 11 is 0. The smallest absolute Gasteiger partial charge is 0.189 e. The highest BCUT2D eigenvalue weighted by Gasteiger charge is 2.32. The molecular formula is C5H11N3. The Balaban J connectivity index is 2.03. The Morgan fingerprint density at radius 2 is 2.12 bits per heavy atom. The third-order valence-electron chi connectivity index (χ3n) is 1.29. The standard InChI is InChI=1S/C5H11N3/c1-5(7-8-5)3-4-6-2/h6H,3-4H2,1-2H3. The Bertz CT molecular complexity index is 102. The molecule has 0 unspecified atom stereocenters. The predicted molar refractivity (Wildman–Crippen MR) is 31.8 cm³/mol. The van der Waals surface area contributed by atoms with Crippen LogP contribution in [-0.2, 0) is 0 Å². The minimum Gasteiger partial charge on any atom is -0.320 e. The van der Waals surface area contributed by atoms with Gasteiger partial charge in [0.2, 0.25) is 0 Å². The van der Waals surface area contributed by atoms with Crippen molar-refractivity contribution in [2.24, 2.45) is 10.2 Å². The van der Waals surface area contributed by atoms with E-state index < -0.39 is 0 Å². The zero-order chi connectivity index (χ0) is 6.04. The van der Waals surface area contributed by atoms with Crippen LogP contribution in [0.3, 0.4) is 0 Å². The minimum absolute atomic E-state index is 0.0109. The first-order valence-electron chi connectivity index (χ1n) is 2.85. The van der Waals surface area contributed by atoms with Crippen molar-refractivity contribution in [3.63, 3.8) is 0 Å². The van der Waals surface area contributed by atoms with Gasteiger partial charge in [-0.3, -0.25) is 0 Å². The lowest BCUT2D eigenvalue weighted by Gasteiger charge is -1.99. The van der Waals surface area contributed by atoms with Gasteiger partial charge < -0.3 is 5.32 Å². The number of hydrogen-bond acceptors (Lipinski definition) is 3. The highest BCUT2D eigenvalue weighted by Crippen LogP contribution is 2.29. The molecule has 0 amide bonds. The van der Waals surface area contributed by atoms with Crippen molar-refractivity contribution in [2.75, 3.05) is 13.6 Å². The highest BCUT2D eigenvalue weighted by atomic mass is 15.4. The van der Waals surface area contributed by atoms with Gasteiger partial charge in [0, 0.05) is 6.42 Å². The molecule has 1 heterocycles. The fourth-order valence-corrected chi connectivity index (χ4v) is 0.547. The summed E-state index contributed by atoms with van der Waals surface area (Å²) in [5.74, 6) is 0. The van der Waals surface area contributed by atoms with Crippen molar-refractivity contribution < 1.29 is 0 Å². The maximum atomic E-state index is 3.86. The van der Waals surface area contributed by atoms with Gasteiger partial charge >= 0.3 is 0 Å². The Labute approximate surface area is 49.2 Å². The van der Waals surface area contributed by atoms with E-state index in [-0.39, 0.29) is 5.66 Å². The van der Waals surface area contributed by atoms with Crippen LogP contribution in [0.5, 0.6) is 0 Å². The van der Waals surface area contributed by atoms with E-state index in [1.54, 1.807) is 0 Å². The van der Waals surface area contributed by atoms with Crippen molar-refractivity contribution in [3.8, 4) is 0 Å². The average Bonchev–Trinajstić information content (AvgIpc) is 2.45. The Morgan fingerprint density at radius 1 is 1.50 bits per heavy atom. The van der Waals surface area contributed by atoms with Gasteiger partial charge in [0.15, 0.2) is 5.66 Å². The molecule has 3 nitrogen and oxygen atoms in total. The Kier molecular flexibility index (Phi) is 1.29. The molecule has 1 aliphatic heterocycles. The van der Waals surface area contributed by atoms with E-state index in [0.717, 1.165) is 13.0 Å². The fraction of sp³-hybridized carbons (Fsp3) is 1.00. The Morgan fingerprint density at radius 3 is 2.50 bits per heavy atom. The van der Waals surface area contributed by atoms with E-state index in [2.05, 4.69) is 15.5 Å². The monoisotopic (exact) mass is 113 g/mol. The van der Waals surface area contributed by atoms with Crippen molar-refractivity contribution in [2.45, 2.75) is 19.0 Å². The van der Waals surface area contributed by atoms with E-state index in [1.807, 2.05) is 14.0 Å². The normalized spacial score (nSPS) is 21.2. The van der Waals surface area contributed by atoms with Gasteiger partial charge in [0.25, 0.3) is 0 Å². The molecule has 0 aromatic rings. The molecule has 46 valence electrons. The summed E-state index contributed by atoms with van der Waals surface area (Å²) in [6.45, 7) is 3.04. The summed E-state index contributed by atoms with van der Waals surface area (Å²) < 4.78 is 0. The summed E-state index contributed by atoms with van der Waals surface area (Å²) in [7, 11) is 1.94. The molecule has 0 saturated heterocycles. The largest absolute Gasteiger partial charge is 0.320 e. The van der Waals surface area contributed by atoms with E-state index in [4.69, 9.17) is 0 Å². The average molecular weight is 113 g/mol. The van der Waals surface area contributed by atoms with Crippen LogP contribution in [0.15, 0.2) is 10.2 Å². The second kappa shape index (κ2) is 1.82. The van der Waals surface area contributed by atoms with Crippen LogP contribution in [0.4, 0.5) is 0 Å². The first kappa shape index (κ1) is 5.69. The second-order valence-electron chi connectivity index (χ2n) is 2.27. The maximum Gasteiger partial charge on any atom is 0.189 e. The van der Waals surface area contributed by atoms with E-state index in [0.29, 0.717) is 0 Å². The molecule has 0 aromatic heterocycles. The zero-order valence-corrected chi connectivity index (χ0v) is 5.31. The molecule has 0 radical (unpaired) electrons. The molecule has 0 atom stereocenters. The summed E-state index contributed by atoms with van der Waals surface area (Å²) in [6.07, 6.45) is 1.03. The molecular weight excluding hydrogens is 102 g/mol. The van der Waals surface area contributed by atoms with Gasteiger partial charge in [0.05, 0.1) is 0 Å². The van der Waals surface area contributed by atoms with Gasteiger partial charge in [-0.25, -0.2) is 0 Å². The molecule has 0 saturated carbocycles. The lowest BCUT2D eigenvalue weighted by atomic mass is 10.2. The molecule has 0 spiro atoms. The quantitative estimate of drug-likeness (QED) is 0.576. The lowest BCUT2D eigenvalue weighted by Crippen LogP contribution is -2.15. The number of rotatable bonds is 3. The third kappa shape index (κ3) is 1.26. The van der Waals surface area contributed by atoms with Crippen LogP contribution in [0, 0.1) is 0 Å². The van der Waals surface area contributed by atoms with Crippen molar-refractivity contribution >= 4 is 0 Å². The third-order valence-corrected chi connectivity index (χ3v) is 1.29. The molecule has 0 aromatic carbocycles. The number of nitrogens with one attached hydrogen (secondary N) is 1. The highest BCUT2D eigenvalue weighted by molar-refractivity contribution is 4.87. The van der Waals surface area contributed by atoms with Crippen molar-refractivity contribution in [1.82, 2.24) is 5.32 Å². The van der Waals surface area contributed by atoms with Gasteiger partial charge in [-0.1, -0.05) is 0 Å². The predicted octanol–water partition coefficient (Wildman–Crippen LogP) is 0.778. The summed E-state index contributed by atoms with van der Waals surface area (Å²) in [5, 5.41) is 10.8. The van der Waals surface area contributed by atoms with Gasteiger partial charge in [-0.05, 0) is 20.5 Å². The molecule has 8 heavy (non-hydrogen) atoms. The molecule has 0 fully saturated rings. The summed E-state index contributed by atoms with van der Waals surface area (Å²) in [5.41, 5.74) is -0.0109. The second-order valence-corrected chi connectivity index (χ2v) is 2.27. The van der Waals surface area contributed by atoms with Crippen LogP contribution in [0.2, 0.25) is 0 Å². The molecule has 1 rings (SSSR count). The van der Waals surface area contributed by atoms with E-state index in [1.165, 1.54) is 0 Å². The van der Waals surface area contributed by atoms with E-state index in [9.17, 15) is 0 Å². The fourth-order valence-electron chi connectivity index (χ4n) is 0.547. The van der Waals surface area contributed by atoms with Crippen LogP contribution >= 0.6 is 0 Å². The molecule has 0 bridgehead atoms. The molecule has 3 heteroatoms. The molecule has 1 aliphatic rings. The minimum atomic E-state index is -0.0109. The van der Waals surface area contributed by atoms with E-state index >= 15 is 0 Å². The first-order chi connectivity index (χ1) is 3.77.